The van der Waals surface area contributed by atoms with Crippen molar-refractivity contribution in [3.05, 3.63) is 0 Å². The molecule has 0 aliphatic carbocycles. The lowest BCUT2D eigenvalue weighted by molar-refractivity contribution is 0.118. The number of rotatable bonds is 7. The van der Waals surface area contributed by atoms with Gasteiger partial charge in [0.2, 0.25) is 0 Å². The first-order chi connectivity index (χ1) is 8.41. The van der Waals surface area contributed by atoms with Crippen molar-refractivity contribution < 1.29 is 0 Å². The van der Waals surface area contributed by atoms with Crippen LogP contribution in [0.3, 0.4) is 0 Å². The molecule has 18 heavy (non-hydrogen) atoms. The molecule has 1 saturated heterocycles. The molecule has 4 nitrogen and oxygen atoms in total. The molecule has 0 aromatic heterocycles. The van der Waals surface area contributed by atoms with Crippen LogP contribution in [0.4, 0.5) is 0 Å². The highest BCUT2D eigenvalue weighted by Gasteiger charge is 2.40. The SMILES string of the molecule is CC(C)N1CCC(CN)(N(C)CCCN(C)C)C1. The Bertz CT molecular complexity index is 242. The van der Waals surface area contributed by atoms with E-state index in [2.05, 4.69) is 49.7 Å². The molecular formula is C14H32N4. The summed E-state index contributed by atoms with van der Waals surface area (Å²) in [6.45, 7) is 9.93. The standard InChI is InChI=1S/C14H32N4/c1-13(2)18-10-7-14(11-15,12-18)17(5)9-6-8-16(3)4/h13H,6-12,15H2,1-5H3. The molecule has 1 aliphatic heterocycles. The second-order valence-electron chi connectivity index (χ2n) is 6.32. The van der Waals surface area contributed by atoms with Gasteiger partial charge in [0, 0.05) is 31.2 Å². The number of nitrogens with zero attached hydrogens (tertiary/aromatic N) is 3. The summed E-state index contributed by atoms with van der Waals surface area (Å²) in [5.41, 5.74) is 6.29. The van der Waals surface area contributed by atoms with E-state index in [1.54, 1.807) is 0 Å². The zero-order valence-corrected chi connectivity index (χ0v) is 12.9. The van der Waals surface area contributed by atoms with Crippen molar-refractivity contribution in [2.24, 2.45) is 5.73 Å². The van der Waals surface area contributed by atoms with Crippen molar-refractivity contribution in [2.75, 3.05) is 53.9 Å². The van der Waals surface area contributed by atoms with Gasteiger partial charge in [-0.25, -0.2) is 0 Å². The number of hydrogen-bond donors (Lipinski definition) is 1. The normalized spacial score (nSPS) is 25.8. The maximum atomic E-state index is 6.08. The molecule has 1 rings (SSSR count). The molecule has 108 valence electrons. The van der Waals surface area contributed by atoms with Gasteiger partial charge in [-0.1, -0.05) is 0 Å². The lowest BCUT2D eigenvalue weighted by Gasteiger charge is -2.38. The smallest absolute Gasteiger partial charge is 0.0467 e. The van der Waals surface area contributed by atoms with E-state index < -0.39 is 0 Å². The van der Waals surface area contributed by atoms with Crippen molar-refractivity contribution >= 4 is 0 Å². The highest BCUT2D eigenvalue weighted by atomic mass is 15.3. The van der Waals surface area contributed by atoms with Crippen LogP contribution in [0.1, 0.15) is 26.7 Å². The highest BCUT2D eigenvalue weighted by Crippen LogP contribution is 2.27. The van der Waals surface area contributed by atoms with E-state index in [9.17, 15) is 0 Å². The van der Waals surface area contributed by atoms with Gasteiger partial charge < -0.3 is 10.6 Å². The monoisotopic (exact) mass is 256 g/mol. The Morgan fingerprint density at radius 3 is 2.33 bits per heavy atom. The Hall–Kier alpha value is -0.160. The summed E-state index contributed by atoms with van der Waals surface area (Å²) >= 11 is 0. The summed E-state index contributed by atoms with van der Waals surface area (Å²) in [5, 5.41) is 0. The number of likely N-dealkylation sites (N-methyl/N-ethyl adjacent to an activating group) is 1. The van der Waals surface area contributed by atoms with Gasteiger partial charge in [0.1, 0.15) is 0 Å². The molecule has 0 bridgehead atoms. The van der Waals surface area contributed by atoms with Gasteiger partial charge in [0.15, 0.2) is 0 Å². The largest absolute Gasteiger partial charge is 0.329 e. The van der Waals surface area contributed by atoms with E-state index in [4.69, 9.17) is 5.73 Å². The number of likely N-dealkylation sites (tertiary alicyclic amines) is 1. The minimum atomic E-state index is 0.205. The summed E-state index contributed by atoms with van der Waals surface area (Å²) in [6.07, 6.45) is 2.42. The van der Waals surface area contributed by atoms with Crippen LogP contribution in [0.5, 0.6) is 0 Å². The molecule has 0 spiro atoms. The Kier molecular flexibility index (Phi) is 6.05. The van der Waals surface area contributed by atoms with Crippen molar-refractivity contribution in [2.45, 2.75) is 38.3 Å². The molecule has 2 N–H and O–H groups in total. The molecule has 0 saturated carbocycles. The van der Waals surface area contributed by atoms with E-state index in [0.29, 0.717) is 6.04 Å². The molecule has 0 radical (unpaired) electrons. The quantitative estimate of drug-likeness (QED) is 0.727. The molecule has 0 aromatic carbocycles. The Morgan fingerprint density at radius 2 is 1.89 bits per heavy atom. The summed E-state index contributed by atoms with van der Waals surface area (Å²) in [5.74, 6) is 0. The predicted octanol–water partition coefficient (Wildman–Crippen LogP) is 0.682. The summed E-state index contributed by atoms with van der Waals surface area (Å²) in [4.78, 5) is 7.30. The van der Waals surface area contributed by atoms with Crippen LogP contribution < -0.4 is 5.73 Å². The van der Waals surface area contributed by atoms with Crippen LogP contribution in [-0.4, -0.2) is 80.1 Å². The zero-order valence-electron chi connectivity index (χ0n) is 12.9. The fraction of sp³-hybridized carbons (Fsp3) is 1.00. The molecular weight excluding hydrogens is 224 g/mol. The van der Waals surface area contributed by atoms with Crippen LogP contribution in [-0.2, 0) is 0 Å². The van der Waals surface area contributed by atoms with Gasteiger partial charge in [0.05, 0.1) is 0 Å². The topological polar surface area (TPSA) is 35.7 Å². The van der Waals surface area contributed by atoms with E-state index in [1.807, 2.05) is 0 Å². The Morgan fingerprint density at radius 1 is 1.22 bits per heavy atom. The van der Waals surface area contributed by atoms with Crippen LogP contribution in [0.15, 0.2) is 0 Å². The Balaban J connectivity index is 2.49. The van der Waals surface area contributed by atoms with Gasteiger partial charge in [-0.15, -0.1) is 0 Å². The van der Waals surface area contributed by atoms with Crippen molar-refractivity contribution in [1.29, 1.82) is 0 Å². The average Bonchev–Trinajstić information content (AvgIpc) is 2.74. The number of hydrogen-bond acceptors (Lipinski definition) is 4. The molecule has 1 heterocycles. The highest BCUT2D eigenvalue weighted by molar-refractivity contribution is 4.99. The predicted molar refractivity (Wildman–Crippen MR) is 78.9 cm³/mol. The minimum Gasteiger partial charge on any atom is -0.329 e. The molecule has 0 aromatic rings. The van der Waals surface area contributed by atoms with Crippen LogP contribution in [0, 0.1) is 0 Å². The van der Waals surface area contributed by atoms with Crippen LogP contribution in [0.2, 0.25) is 0 Å². The maximum Gasteiger partial charge on any atom is 0.0467 e. The van der Waals surface area contributed by atoms with E-state index in [1.165, 1.54) is 19.4 Å². The zero-order chi connectivity index (χ0) is 13.8. The first-order valence-electron chi connectivity index (χ1n) is 7.21. The van der Waals surface area contributed by atoms with Gasteiger partial charge in [-0.3, -0.25) is 9.80 Å². The molecule has 1 atom stereocenters. The third-order valence-corrected chi connectivity index (χ3v) is 4.38. The molecule has 1 unspecified atom stereocenters. The third-order valence-electron chi connectivity index (χ3n) is 4.38. The van der Waals surface area contributed by atoms with E-state index in [0.717, 1.165) is 26.2 Å². The van der Waals surface area contributed by atoms with Gasteiger partial charge >= 0.3 is 0 Å². The van der Waals surface area contributed by atoms with Crippen molar-refractivity contribution in [1.82, 2.24) is 14.7 Å². The fourth-order valence-electron chi connectivity index (χ4n) is 2.82. The molecule has 0 amide bonds. The fourth-order valence-corrected chi connectivity index (χ4v) is 2.82. The second kappa shape index (κ2) is 6.85. The van der Waals surface area contributed by atoms with E-state index in [-0.39, 0.29) is 5.54 Å². The summed E-state index contributed by atoms with van der Waals surface area (Å²) < 4.78 is 0. The van der Waals surface area contributed by atoms with Crippen LogP contribution in [0.25, 0.3) is 0 Å². The van der Waals surface area contributed by atoms with Gasteiger partial charge in [0.25, 0.3) is 0 Å². The third kappa shape index (κ3) is 3.92. The maximum absolute atomic E-state index is 6.08. The first kappa shape index (κ1) is 15.9. The molecule has 4 heteroatoms. The lowest BCUT2D eigenvalue weighted by Crippen LogP contribution is -2.54. The van der Waals surface area contributed by atoms with Gasteiger partial charge in [-0.05, 0) is 60.9 Å². The van der Waals surface area contributed by atoms with Crippen molar-refractivity contribution in [3.63, 3.8) is 0 Å². The van der Waals surface area contributed by atoms with Crippen LogP contribution >= 0.6 is 0 Å². The summed E-state index contributed by atoms with van der Waals surface area (Å²) in [6, 6.07) is 0.633. The Labute approximate surface area is 113 Å². The molecule has 1 fully saturated rings. The molecule has 1 aliphatic rings. The van der Waals surface area contributed by atoms with Gasteiger partial charge in [-0.2, -0.15) is 0 Å². The first-order valence-corrected chi connectivity index (χ1v) is 7.21. The number of nitrogens with two attached hydrogens (primary N) is 1. The minimum absolute atomic E-state index is 0.205. The average molecular weight is 256 g/mol. The second-order valence-corrected chi connectivity index (χ2v) is 6.32. The summed E-state index contributed by atoms with van der Waals surface area (Å²) in [7, 11) is 6.51. The lowest BCUT2D eigenvalue weighted by atomic mass is 9.96. The van der Waals surface area contributed by atoms with E-state index >= 15 is 0 Å². The van der Waals surface area contributed by atoms with Crippen molar-refractivity contribution in [3.8, 4) is 0 Å².